The van der Waals surface area contributed by atoms with Gasteiger partial charge in [0.2, 0.25) is 0 Å². The van der Waals surface area contributed by atoms with Crippen LogP contribution in [0.1, 0.15) is 40.5 Å². The maximum absolute atomic E-state index is 3.49. The molecule has 1 heterocycles. The lowest BCUT2D eigenvalue weighted by atomic mass is 10.1. The second-order valence-corrected chi connectivity index (χ2v) is 6.82. The van der Waals surface area contributed by atoms with Crippen molar-refractivity contribution < 1.29 is 0 Å². The van der Waals surface area contributed by atoms with Crippen molar-refractivity contribution in [2.45, 2.75) is 57.9 Å². The molecule has 0 aromatic carbocycles. The fourth-order valence-corrected chi connectivity index (χ4v) is 3.26. The van der Waals surface area contributed by atoms with Crippen LogP contribution < -0.4 is 5.32 Å². The Hall–Kier alpha value is 0.270. The van der Waals surface area contributed by atoms with Crippen molar-refractivity contribution in [3.63, 3.8) is 0 Å². The highest BCUT2D eigenvalue weighted by atomic mass is 32.2. The van der Waals surface area contributed by atoms with E-state index in [1.54, 1.807) is 0 Å². The molecule has 1 saturated heterocycles. The summed E-state index contributed by atoms with van der Waals surface area (Å²) < 4.78 is 0. The Morgan fingerprint density at radius 2 is 2.12 bits per heavy atom. The minimum absolute atomic E-state index is 0.627. The summed E-state index contributed by atoms with van der Waals surface area (Å²) in [7, 11) is 0. The van der Waals surface area contributed by atoms with Gasteiger partial charge in [0, 0.05) is 36.2 Å². The zero-order chi connectivity index (χ0) is 12.0. The van der Waals surface area contributed by atoms with Crippen LogP contribution >= 0.6 is 11.8 Å². The van der Waals surface area contributed by atoms with Crippen molar-refractivity contribution in [2.24, 2.45) is 0 Å². The van der Waals surface area contributed by atoms with Crippen molar-refractivity contribution in [3.05, 3.63) is 0 Å². The van der Waals surface area contributed by atoms with Gasteiger partial charge in [-0.2, -0.15) is 11.8 Å². The summed E-state index contributed by atoms with van der Waals surface area (Å²) in [6.45, 7) is 12.9. The Labute approximate surface area is 106 Å². The first kappa shape index (κ1) is 14.3. The van der Waals surface area contributed by atoms with E-state index in [2.05, 4.69) is 49.7 Å². The second-order valence-electron chi connectivity index (χ2n) is 5.28. The average Bonchev–Trinajstić information content (AvgIpc) is 2.24. The van der Waals surface area contributed by atoms with Crippen LogP contribution in [0.3, 0.4) is 0 Å². The second kappa shape index (κ2) is 7.57. The van der Waals surface area contributed by atoms with Gasteiger partial charge in [-0.05, 0) is 26.3 Å². The van der Waals surface area contributed by atoms with E-state index in [1.807, 2.05) is 0 Å². The summed E-state index contributed by atoms with van der Waals surface area (Å²) in [4.78, 5) is 2.66. The summed E-state index contributed by atoms with van der Waals surface area (Å²) in [5.74, 6) is 1.32. The van der Waals surface area contributed by atoms with E-state index in [9.17, 15) is 0 Å². The van der Waals surface area contributed by atoms with Gasteiger partial charge in [-0.1, -0.05) is 20.8 Å². The third kappa shape index (κ3) is 5.55. The molecule has 1 rings (SSSR count). The van der Waals surface area contributed by atoms with Crippen LogP contribution in [0, 0.1) is 0 Å². The molecular weight excluding hydrogens is 216 g/mol. The van der Waals surface area contributed by atoms with E-state index in [0.717, 1.165) is 11.3 Å². The number of hydrogen-bond acceptors (Lipinski definition) is 3. The largest absolute Gasteiger partial charge is 0.315 e. The number of rotatable bonds is 6. The van der Waals surface area contributed by atoms with Gasteiger partial charge in [-0.25, -0.2) is 0 Å². The summed E-state index contributed by atoms with van der Waals surface area (Å²) in [5.41, 5.74) is 0. The van der Waals surface area contributed by atoms with Crippen molar-refractivity contribution in [1.29, 1.82) is 0 Å². The van der Waals surface area contributed by atoms with Gasteiger partial charge < -0.3 is 5.32 Å². The lowest BCUT2D eigenvalue weighted by molar-refractivity contribution is 0.205. The number of thioether (sulfide) groups is 1. The summed E-state index contributed by atoms with van der Waals surface area (Å²) in [6.07, 6.45) is 2.63. The minimum Gasteiger partial charge on any atom is -0.315 e. The Morgan fingerprint density at radius 1 is 1.38 bits per heavy atom. The molecule has 1 N–H and O–H groups in total. The van der Waals surface area contributed by atoms with Crippen LogP contribution in [0.2, 0.25) is 0 Å². The van der Waals surface area contributed by atoms with Crippen LogP contribution in [-0.2, 0) is 0 Å². The van der Waals surface area contributed by atoms with Gasteiger partial charge in [0.25, 0.3) is 0 Å². The van der Waals surface area contributed by atoms with Gasteiger partial charge in [0.05, 0.1) is 0 Å². The summed E-state index contributed by atoms with van der Waals surface area (Å²) in [6, 6.07) is 1.39. The number of nitrogens with one attached hydrogen (secondary N) is 1. The summed E-state index contributed by atoms with van der Waals surface area (Å²) >= 11 is 2.12. The quantitative estimate of drug-likeness (QED) is 0.723. The van der Waals surface area contributed by atoms with Crippen LogP contribution in [0.4, 0.5) is 0 Å². The molecule has 0 spiro atoms. The molecule has 0 aliphatic carbocycles. The fourth-order valence-electron chi connectivity index (χ4n) is 2.22. The van der Waals surface area contributed by atoms with Crippen molar-refractivity contribution in [1.82, 2.24) is 10.2 Å². The topological polar surface area (TPSA) is 15.3 Å². The first-order valence-corrected chi connectivity index (χ1v) is 7.73. The van der Waals surface area contributed by atoms with Crippen LogP contribution in [-0.4, -0.2) is 47.6 Å². The predicted molar refractivity (Wildman–Crippen MR) is 75.3 cm³/mol. The molecular formula is C13H28N2S. The van der Waals surface area contributed by atoms with E-state index in [1.165, 1.54) is 38.2 Å². The highest BCUT2D eigenvalue weighted by Gasteiger charge is 2.20. The summed E-state index contributed by atoms with van der Waals surface area (Å²) in [5, 5.41) is 4.31. The van der Waals surface area contributed by atoms with E-state index < -0.39 is 0 Å². The third-order valence-corrected chi connectivity index (χ3v) is 4.38. The number of nitrogens with zero attached hydrogens (tertiary/aromatic N) is 1. The smallest absolute Gasteiger partial charge is 0.0147 e. The molecule has 16 heavy (non-hydrogen) atoms. The first-order chi connectivity index (χ1) is 7.59. The van der Waals surface area contributed by atoms with Gasteiger partial charge in [0.15, 0.2) is 0 Å². The lowest BCUT2D eigenvalue weighted by Crippen LogP contribution is -2.42. The highest BCUT2D eigenvalue weighted by molar-refractivity contribution is 7.99. The zero-order valence-electron chi connectivity index (χ0n) is 11.3. The van der Waals surface area contributed by atoms with Crippen molar-refractivity contribution in [3.8, 4) is 0 Å². The maximum atomic E-state index is 3.49. The standard InChI is InChI=1S/C13H28N2S/c1-11(2)14-7-5-6-12(3)15-8-9-16-13(4)10-15/h11-14H,5-10H2,1-4H3. The van der Waals surface area contributed by atoms with Gasteiger partial charge in [-0.3, -0.25) is 4.90 Å². The molecule has 1 aliphatic rings. The minimum atomic E-state index is 0.627. The molecule has 0 saturated carbocycles. The van der Waals surface area contributed by atoms with Gasteiger partial charge >= 0.3 is 0 Å². The van der Waals surface area contributed by atoms with E-state index >= 15 is 0 Å². The molecule has 0 bridgehead atoms. The Bertz CT molecular complexity index is 185. The van der Waals surface area contributed by atoms with E-state index in [4.69, 9.17) is 0 Å². The molecule has 1 aliphatic heterocycles. The Kier molecular flexibility index (Phi) is 6.78. The van der Waals surface area contributed by atoms with E-state index in [0.29, 0.717) is 6.04 Å². The van der Waals surface area contributed by atoms with Crippen LogP contribution in [0.15, 0.2) is 0 Å². The molecule has 2 nitrogen and oxygen atoms in total. The first-order valence-electron chi connectivity index (χ1n) is 6.68. The highest BCUT2D eigenvalue weighted by Crippen LogP contribution is 2.20. The van der Waals surface area contributed by atoms with Gasteiger partial charge in [-0.15, -0.1) is 0 Å². The third-order valence-electron chi connectivity index (χ3n) is 3.25. The predicted octanol–water partition coefficient (Wildman–Crippen LogP) is 2.59. The molecule has 96 valence electrons. The maximum Gasteiger partial charge on any atom is 0.0147 e. The molecule has 1 fully saturated rings. The fraction of sp³-hybridized carbons (Fsp3) is 1.00. The molecule has 0 aromatic rings. The molecule has 2 atom stereocenters. The lowest BCUT2D eigenvalue weighted by Gasteiger charge is -2.35. The van der Waals surface area contributed by atoms with Crippen molar-refractivity contribution >= 4 is 11.8 Å². The SMILES string of the molecule is CC(C)NCCCC(C)N1CCSC(C)C1. The monoisotopic (exact) mass is 244 g/mol. The molecule has 0 amide bonds. The molecule has 3 heteroatoms. The Balaban J connectivity index is 2.11. The van der Waals surface area contributed by atoms with Gasteiger partial charge in [0.1, 0.15) is 0 Å². The molecule has 0 aromatic heterocycles. The average molecular weight is 244 g/mol. The van der Waals surface area contributed by atoms with Crippen LogP contribution in [0.25, 0.3) is 0 Å². The zero-order valence-corrected chi connectivity index (χ0v) is 12.1. The molecule has 0 radical (unpaired) electrons. The van der Waals surface area contributed by atoms with Crippen molar-refractivity contribution in [2.75, 3.05) is 25.4 Å². The number of hydrogen-bond donors (Lipinski definition) is 1. The molecule has 2 unspecified atom stereocenters. The van der Waals surface area contributed by atoms with E-state index in [-0.39, 0.29) is 0 Å². The van der Waals surface area contributed by atoms with Crippen LogP contribution in [0.5, 0.6) is 0 Å². The Morgan fingerprint density at radius 3 is 2.75 bits per heavy atom. The normalized spacial score (nSPS) is 24.9.